The Hall–Kier alpha value is -3.12. The van der Waals surface area contributed by atoms with Gasteiger partial charge in [0.2, 0.25) is 0 Å². The predicted molar refractivity (Wildman–Crippen MR) is 121 cm³/mol. The van der Waals surface area contributed by atoms with Gasteiger partial charge in [0.1, 0.15) is 0 Å². The second kappa shape index (κ2) is 8.27. The van der Waals surface area contributed by atoms with Gasteiger partial charge in [-0.3, -0.25) is 0 Å². The van der Waals surface area contributed by atoms with Crippen LogP contribution in [-0.4, -0.2) is 0 Å². The molecule has 0 aliphatic heterocycles. The number of hydrogen-bond acceptors (Lipinski definition) is 0. The Labute approximate surface area is 168 Å². The summed E-state index contributed by atoms with van der Waals surface area (Å²) in [7, 11) is 0. The van der Waals surface area contributed by atoms with Gasteiger partial charge in [-0.15, -0.1) is 0 Å². The Balaban J connectivity index is 1.62. The van der Waals surface area contributed by atoms with Crippen molar-refractivity contribution in [3.8, 4) is 22.3 Å². The third-order valence-corrected chi connectivity index (χ3v) is 5.50. The molecule has 0 heterocycles. The van der Waals surface area contributed by atoms with Crippen molar-refractivity contribution < 1.29 is 0 Å². The van der Waals surface area contributed by atoms with Crippen molar-refractivity contribution in [3.05, 3.63) is 120 Å². The summed E-state index contributed by atoms with van der Waals surface area (Å²) >= 11 is 0. The van der Waals surface area contributed by atoms with E-state index < -0.39 is 0 Å². The van der Waals surface area contributed by atoms with Crippen LogP contribution in [0.15, 0.2) is 103 Å². The quantitative estimate of drug-likeness (QED) is 0.339. The molecule has 0 spiro atoms. The normalized spacial score (nSPS) is 11.9. The molecule has 0 heteroatoms. The Kier molecular flexibility index (Phi) is 5.39. The Morgan fingerprint density at radius 2 is 1.04 bits per heavy atom. The average Bonchev–Trinajstić information content (AvgIpc) is 2.77. The van der Waals surface area contributed by atoms with E-state index in [4.69, 9.17) is 0 Å². The van der Waals surface area contributed by atoms with Gasteiger partial charge in [0.15, 0.2) is 0 Å². The van der Waals surface area contributed by atoms with Crippen LogP contribution in [-0.2, 0) is 0 Å². The first-order chi connectivity index (χ1) is 13.7. The number of aryl methyl sites for hydroxylation is 1. The van der Waals surface area contributed by atoms with E-state index in [2.05, 4.69) is 117 Å². The maximum Gasteiger partial charge on any atom is 0.00867 e. The summed E-state index contributed by atoms with van der Waals surface area (Å²) in [4.78, 5) is 0. The lowest BCUT2D eigenvalue weighted by atomic mass is 9.88. The largest absolute Gasteiger partial charge is 0.0645 e. The van der Waals surface area contributed by atoms with Gasteiger partial charge in [0.05, 0.1) is 0 Å². The third kappa shape index (κ3) is 3.92. The molecule has 0 saturated carbocycles. The molecule has 4 rings (SSSR count). The molecule has 4 aromatic carbocycles. The summed E-state index contributed by atoms with van der Waals surface area (Å²) < 4.78 is 0. The number of rotatable bonds is 5. The highest BCUT2D eigenvalue weighted by atomic mass is 14.2. The van der Waals surface area contributed by atoms with E-state index in [0.717, 1.165) is 6.42 Å². The van der Waals surface area contributed by atoms with Crippen LogP contribution in [0.1, 0.15) is 36.0 Å². The van der Waals surface area contributed by atoms with E-state index in [1.807, 2.05) is 0 Å². The molecule has 0 fully saturated rings. The SMILES string of the molecule is CCC(c1ccc(C)cc1)c1ccc(-c2cccc(-c3ccccc3)c2)cc1. The second-order valence-electron chi connectivity index (χ2n) is 7.44. The lowest BCUT2D eigenvalue weighted by Crippen LogP contribution is -1.99. The lowest BCUT2D eigenvalue weighted by Gasteiger charge is -2.17. The van der Waals surface area contributed by atoms with E-state index in [-0.39, 0.29) is 0 Å². The number of hydrogen-bond donors (Lipinski definition) is 0. The van der Waals surface area contributed by atoms with Crippen molar-refractivity contribution in [2.45, 2.75) is 26.2 Å². The lowest BCUT2D eigenvalue weighted by molar-refractivity contribution is 0.777. The van der Waals surface area contributed by atoms with Gasteiger partial charge in [-0.2, -0.15) is 0 Å². The van der Waals surface area contributed by atoms with Crippen molar-refractivity contribution >= 4 is 0 Å². The van der Waals surface area contributed by atoms with Crippen LogP contribution in [0.5, 0.6) is 0 Å². The van der Waals surface area contributed by atoms with Crippen LogP contribution in [0, 0.1) is 6.92 Å². The minimum atomic E-state index is 0.449. The van der Waals surface area contributed by atoms with Crippen LogP contribution in [0.4, 0.5) is 0 Å². The molecule has 0 saturated heterocycles. The molecule has 0 nitrogen and oxygen atoms in total. The summed E-state index contributed by atoms with van der Waals surface area (Å²) in [6.07, 6.45) is 1.10. The van der Waals surface area contributed by atoms with Crippen molar-refractivity contribution in [1.29, 1.82) is 0 Å². The predicted octanol–water partition coefficient (Wildman–Crippen LogP) is 7.87. The Morgan fingerprint density at radius 3 is 1.61 bits per heavy atom. The molecule has 28 heavy (non-hydrogen) atoms. The maximum atomic E-state index is 2.29. The van der Waals surface area contributed by atoms with Crippen LogP contribution >= 0.6 is 0 Å². The fourth-order valence-electron chi connectivity index (χ4n) is 3.88. The topological polar surface area (TPSA) is 0 Å². The minimum absolute atomic E-state index is 0.449. The molecule has 0 bridgehead atoms. The molecule has 1 atom stereocenters. The zero-order valence-electron chi connectivity index (χ0n) is 16.6. The van der Waals surface area contributed by atoms with E-state index in [1.54, 1.807) is 0 Å². The highest BCUT2D eigenvalue weighted by Crippen LogP contribution is 2.31. The van der Waals surface area contributed by atoms with Crippen LogP contribution in [0.25, 0.3) is 22.3 Å². The van der Waals surface area contributed by atoms with E-state index >= 15 is 0 Å². The van der Waals surface area contributed by atoms with Gasteiger partial charge < -0.3 is 0 Å². The summed E-state index contributed by atoms with van der Waals surface area (Å²) in [5, 5.41) is 0. The average molecular weight is 363 g/mol. The van der Waals surface area contributed by atoms with Crippen molar-refractivity contribution in [1.82, 2.24) is 0 Å². The Morgan fingerprint density at radius 1 is 0.536 bits per heavy atom. The summed E-state index contributed by atoms with van der Waals surface area (Å²) in [6.45, 7) is 4.41. The minimum Gasteiger partial charge on any atom is -0.0645 e. The monoisotopic (exact) mass is 362 g/mol. The molecule has 138 valence electrons. The highest BCUT2D eigenvalue weighted by molar-refractivity contribution is 5.73. The molecular formula is C28H26. The fraction of sp³-hybridized carbons (Fsp3) is 0.143. The summed E-state index contributed by atoms with van der Waals surface area (Å²) in [5.41, 5.74) is 9.13. The van der Waals surface area contributed by atoms with Crippen LogP contribution in [0.3, 0.4) is 0 Å². The zero-order valence-corrected chi connectivity index (χ0v) is 16.6. The van der Waals surface area contributed by atoms with Crippen molar-refractivity contribution in [2.24, 2.45) is 0 Å². The second-order valence-corrected chi connectivity index (χ2v) is 7.44. The van der Waals surface area contributed by atoms with Gasteiger partial charge in [0.25, 0.3) is 0 Å². The van der Waals surface area contributed by atoms with E-state index in [9.17, 15) is 0 Å². The van der Waals surface area contributed by atoms with Gasteiger partial charge in [-0.05, 0) is 52.8 Å². The van der Waals surface area contributed by atoms with Crippen LogP contribution < -0.4 is 0 Å². The van der Waals surface area contributed by atoms with Crippen molar-refractivity contribution in [2.75, 3.05) is 0 Å². The number of benzene rings is 4. The summed E-state index contributed by atoms with van der Waals surface area (Å²) in [6, 6.07) is 37.4. The first-order valence-electron chi connectivity index (χ1n) is 10.1. The molecular weight excluding hydrogens is 336 g/mol. The molecule has 0 radical (unpaired) electrons. The molecule has 1 unspecified atom stereocenters. The third-order valence-electron chi connectivity index (χ3n) is 5.50. The van der Waals surface area contributed by atoms with Gasteiger partial charge in [-0.25, -0.2) is 0 Å². The molecule has 0 N–H and O–H groups in total. The molecule has 4 aromatic rings. The maximum absolute atomic E-state index is 2.29. The van der Waals surface area contributed by atoms with Gasteiger partial charge >= 0.3 is 0 Å². The van der Waals surface area contributed by atoms with E-state index in [1.165, 1.54) is 38.9 Å². The van der Waals surface area contributed by atoms with E-state index in [0.29, 0.717) is 5.92 Å². The molecule has 0 aromatic heterocycles. The molecule has 0 amide bonds. The fourth-order valence-corrected chi connectivity index (χ4v) is 3.88. The zero-order chi connectivity index (χ0) is 19.3. The standard InChI is InChI=1S/C28H26/c1-3-28(24-14-12-21(2)13-15-24)25-18-16-23(17-19-25)27-11-7-10-26(20-27)22-8-5-4-6-9-22/h4-20,28H,3H2,1-2H3. The Bertz CT molecular complexity index is 1030. The summed E-state index contributed by atoms with van der Waals surface area (Å²) in [5.74, 6) is 0.449. The van der Waals surface area contributed by atoms with Gasteiger partial charge in [-0.1, -0.05) is 110 Å². The molecule has 0 aliphatic rings. The first kappa shape index (κ1) is 18.3. The smallest absolute Gasteiger partial charge is 0.00867 e. The highest BCUT2D eigenvalue weighted by Gasteiger charge is 2.12. The van der Waals surface area contributed by atoms with Gasteiger partial charge in [0, 0.05) is 5.92 Å². The first-order valence-corrected chi connectivity index (χ1v) is 10.1. The van der Waals surface area contributed by atoms with Crippen LogP contribution in [0.2, 0.25) is 0 Å². The molecule has 0 aliphatic carbocycles. The van der Waals surface area contributed by atoms with Crippen molar-refractivity contribution in [3.63, 3.8) is 0 Å².